The van der Waals surface area contributed by atoms with E-state index in [2.05, 4.69) is 27.7 Å². The molecule has 0 atom stereocenters. The van der Waals surface area contributed by atoms with Gasteiger partial charge >= 0.3 is 11.7 Å². The van der Waals surface area contributed by atoms with Gasteiger partial charge in [-0.05, 0) is 62.7 Å². The molecular weight excluding hydrogens is 456 g/mol. The van der Waals surface area contributed by atoms with Crippen LogP contribution in [0.2, 0.25) is 0 Å². The minimum absolute atomic E-state index is 0.0629. The van der Waals surface area contributed by atoms with Gasteiger partial charge in [0.05, 0.1) is 6.20 Å². The fourth-order valence-electron chi connectivity index (χ4n) is 5.61. The maximum atomic E-state index is 12.3. The fraction of sp³-hybridized carbons (Fsp3) is 0.862. The number of carbonyl (C=O) groups is 1. The molecule has 0 saturated heterocycles. The zero-order valence-electron chi connectivity index (χ0n) is 23.8. The number of imidazole rings is 1. The summed E-state index contributed by atoms with van der Waals surface area (Å²) in [5.41, 5.74) is 0.321. The molecular formula is C29H54N2O5. The Bertz CT molecular complexity index is 790. The molecule has 7 nitrogen and oxygen atoms in total. The number of aryl methyl sites for hydroxylation is 1. The van der Waals surface area contributed by atoms with Crippen molar-refractivity contribution in [1.82, 2.24) is 9.13 Å². The zero-order chi connectivity index (χ0) is 27.0. The van der Waals surface area contributed by atoms with Crippen molar-refractivity contribution in [3.8, 4) is 5.88 Å². The number of rotatable bonds is 22. The van der Waals surface area contributed by atoms with Crippen LogP contribution in [0.4, 0.5) is 0 Å². The predicted molar refractivity (Wildman–Crippen MR) is 147 cm³/mol. The molecule has 1 aromatic rings. The smallest absolute Gasteiger partial charge is 0.331 e. The summed E-state index contributed by atoms with van der Waals surface area (Å²) in [7, 11) is 0. The van der Waals surface area contributed by atoms with E-state index in [4.69, 9.17) is 9.84 Å². The second-order valence-corrected chi connectivity index (χ2v) is 10.6. The fourth-order valence-corrected chi connectivity index (χ4v) is 5.61. The molecule has 0 unspecified atom stereocenters. The highest BCUT2D eigenvalue weighted by molar-refractivity contribution is 5.66. The summed E-state index contributed by atoms with van der Waals surface area (Å²) < 4.78 is 8.95. The first kappa shape index (κ1) is 32.3. The predicted octanol–water partition coefficient (Wildman–Crippen LogP) is 6.99. The zero-order valence-corrected chi connectivity index (χ0v) is 23.8. The molecule has 0 aromatic carbocycles. The van der Waals surface area contributed by atoms with Gasteiger partial charge in [0.2, 0.25) is 5.88 Å². The van der Waals surface area contributed by atoms with Crippen LogP contribution in [0.3, 0.4) is 0 Å². The van der Waals surface area contributed by atoms with Crippen molar-refractivity contribution in [2.75, 3.05) is 13.2 Å². The molecule has 0 fully saturated rings. The molecule has 0 spiro atoms. The quantitative estimate of drug-likeness (QED) is 0.164. The highest BCUT2D eigenvalue weighted by atomic mass is 16.5. The third-order valence-corrected chi connectivity index (χ3v) is 8.81. The van der Waals surface area contributed by atoms with E-state index in [1.165, 1.54) is 17.2 Å². The number of hydrogen-bond acceptors (Lipinski definition) is 4. The van der Waals surface area contributed by atoms with E-state index in [0.29, 0.717) is 13.1 Å². The van der Waals surface area contributed by atoms with Crippen LogP contribution in [0, 0.1) is 10.8 Å². The Hall–Kier alpha value is -1.76. The monoisotopic (exact) mass is 510 g/mol. The van der Waals surface area contributed by atoms with E-state index in [9.17, 15) is 14.7 Å². The molecule has 1 rings (SSSR count). The van der Waals surface area contributed by atoms with Gasteiger partial charge in [-0.15, -0.1) is 0 Å². The molecule has 0 radical (unpaired) electrons. The van der Waals surface area contributed by atoms with Crippen molar-refractivity contribution in [2.45, 2.75) is 138 Å². The highest BCUT2D eigenvalue weighted by Crippen LogP contribution is 2.38. The number of ether oxygens (including phenoxy) is 1. The Morgan fingerprint density at radius 1 is 0.833 bits per heavy atom. The van der Waals surface area contributed by atoms with Crippen molar-refractivity contribution in [3.05, 3.63) is 16.7 Å². The minimum Gasteiger partial charge on any atom is -0.493 e. The van der Waals surface area contributed by atoms with E-state index in [0.717, 1.165) is 90.3 Å². The molecule has 7 heteroatoms. The summed E-state index contributed by atoms with van der Waals surface area (Å²) in [4.78, 5) is 23.3. The normalized spacial score (nSPS) is 12.4. The van der Waals surface area contributed by atoms with Crippen LogP contribution in [0.15, 0.2) is 11.0 Å². The molecule has 0 amide bonds. The molecule has 1 heterocycles. The first-order valence-electron chi connectivity index (χ1n) is 14.5. The van der Waals surface area contributed by atoms with Gasteiger partial charge in [0.25, 0.3) is 0 Å². The molecule has 210 valence electrons. The Labute approximate surface area is 219 Å². The average molecular weight is 511 g/mol. The standard InChI is InChI=1S/C29H54N2O5/c1-6-28(7-2,19-15-21-31-25(32)24-30(10-5)27(31)35)17-11-13-22-36-23-14-12-18-29(8-3,9-4)20-16-26(33)34/h24,32H,6-23H2,1-5H3,(H,33,34). The lowest BCUT2D eigenvalue weighted by Gasteiger charge is -2.32. The number of carboxylic acid groups (broad SMARTS) is 1. The molecule has 0 aliphatic carbocycles. The van der Waals surface area contributed by atoms with E-state index >= 15 is 0 Å². The first-order chi connectivity index (χ1) is 17.2. The van der Waals surface area contributed by atoms with Crippen molar-refractivity contribution in [1.29, 1.82) is 0 Å². The van der Waals surface area contributed by atoms with Crippen LogP contribution < -0.4 is 5.69 Å². The highest BCUT2D eigenvalue weighted by Gasteiger charge is 2.27. The summed E-state index contributed by atoms with van der Waals surface area (Å²) in [5, 5.41) is 19.1. The van der Waals surface area contributed by atoms with Gasteiger partial charge in [0.1, 0.15) is 0 Å². The molecule has 2 N–H and O–H groups in total. The number of hydrogen-bond donors (Lipinski definition) is 2. The third kappa shape index (κ3) is 10.3. The molecule has 36 heavy (non-hydrogen) atoms. The van der Waals surface area contributed by atoms with Gasteiger partial charge in [-0.1, -0.05) is 66.2 Å². The SMILES string of the molecule is CCn1cc(O)n(CCCC(CC)(CC)CCCCOCCCCC(CC)(CC)CCC(=O)O)c1=O. The number of aromatic hydroxyl groups is 1. The maximum Gasteiger partial charge on any atom is 0.331 e. The van der Waals surface area contributed by atoms with E-state index < -0.39 is 5.97 Å². The van der Waals surface area contributed by atoms with Crippen LogP contribution in [0.5, 0.6) is 5.88 Å². The van der Waals surface area contributed by atoms with Gasteiger partial charge < -0.3 is 14.9 Å². The second kappa shape index (κ2) is 16.9. The van der Waals surface area contributed by atoms with Crippen LogP contribution >= 0.6 is 0 Å². The van der Waals surface area contributed by atoms with Gasteiger partial charge in [-0.2, -0.15) is 0 Å². The van der Waals surface area contributed by atoms with Crippen LogP contribution in [-0.2, 0) is 22.6 Å². The molecule has 0 bridgehead atoms. The van der Waals surface area contributed by atoms with Crippen molar-refractivity contribution < 1.29 is 19.7 Å². The summed E-state index contributed by atoms with van der Waals surface area (Å²) in [6.07, 6.45) is 15.4. The van der Waals surface area contributed by atoms with Gasteiger partial charge in [0.15, 0.2) is 0 Å². The molecule has 1 aromatic heterocycles. The average Bonchev–Trinajstić information content (AvgIpc) is 3.16. The van der Waals surface area contributed by atoms with Gasteiger partial charge in [-0.3, -0.25) is 13.9 Å². The van der Waals surface area contributed by atoms with E-state index in [-0.39, 0.29) is 28.8 Å². The Kier molecular flexibility index (Phi) is 15.1. The number of carboxylic acids is 1. The molecule has 0 aliphatic heterocycles. The van der Waals surface area contributed by atoms with Crippen LogP contribution in [-0.4, -0.2) is 38.5 Å². The third-order valence-electron chi connectivity index (χ3n) is 8.81. The minimum atomic E-state index is -0.693. The lowest BCUT2D eigenvalue weighted by atomic mass is 9.74. The lowest BCUT2D eigenvalue weighted by Crippen LogP contribution is -2.25. The molecule has 0 saturated carbocycles. The van der Waals surface area contributed by atoms with Gasteiger partial charge in [-0.25, -0.2) is 4.79 Å². The van der Waals surface area contributed by atoms with Crippen molar-refractivity contribution >= 4 is 5.97 Å². The number of nitrogens with zero attached hydrogens (tertiary/aromatic N) is 2. The summed E-state index contributed by atoms with van der Waals surface area (Å²) >= 11 is 0. The van der Waals surface area contributed by atoms with Crippen LogP contribution in [0.1, 0.15) is 125 Å². The molecule has 0 aliphatic rings. The lowest BCUT2D eigenvalue weighted by molar-refractivity contribution is -0.137. The Morgan fingerprint density at radius 2 is 1.33 bits per heavy atom. The van der Waals surface area contributed by atoms with E-state index in [1.54, 1.807) is 4.57 Å². The summed E-state index contributed by atoms with van der Waals surface area (Å²) in [6, 6.07) is 0. The number of aliphatic carboxylic acids is 1. The van der Waals surface area contributed by atoms with Gasteiger partial charge in [0, 0.05) is 32.7 Å². The van der Waals surface area contributed by atoms with Crippen LogP contribution in [0.25, 0.3) is 0 Å². The Balaban J connectivity index is 2.30. The summed E-state index contributed by atoms with van der Waals surface area (Å²) in [6.45, 7) is 13.5. The number of unbranched alkanes of at least 4 members (excludes halogenated alkanes) is 2. The topological polar surface area (TPSA) is 93.7 Å². The van der Waals surface area contributed by atoms with Crippen molar-refractivity contribution in [2.24, 2.45) is 10.8 Å². The first-order valence-corrected chi connectivity index (χ1v) is 14.5. The largest absolute Gasteiger partial charge is 0.493 e. The summed E-state index contributed by atoms with van der Waals surface area (Å²) in [5.74, 6) is -0.630. The number of aromatic nitrogens is 2. The van der Waals surface area contributed by atoms with E-state index in [1.807, 2.05) is 6.92 Å². The second-order valence-electron chi connectivity index (χ2n) is 10.6. The van der Waals surface area contributed by atoms with Crippen molar-refractivity contribution in [3.63, 3.8) is 0 Å². The Morgan fingerprint density at radius 3 is 1.78 bits per heavy atom. The maximum absolute atomic E-state index is 12.3.